The second-order valence-corrected chi connectivity index (χ2v) is 5.28. The van der Waals surface area contributed by atoms with Crippen LogP contribution < -0.4 is 15.4 Å². The van der Waals surface area contributed by atoms with E-state index in [1.165, 1.54) is 11.3 Å². The first-order chi connectivity index (χ1) is 8.69. The maximum atomic E-state index is 11.8. The van der Waals surface area contributed by atoms with Gasteiger partial charge in [0.1, 0.15) is 11.3 Å². The quantitative estimate of drug-likeness (QED) is 0.888. The number of para-hydroxylation sites is 1. The number of carbonyl (C=O) groups is 1. The molecule has 1 saturated heterocycles. The highest BCUT2D eigenvalue weighted by Gasteiger charge is 2.30. The summed E-state index contributed by atoms with van der Waals surface area (Å²) in [6.07, 6.45) is 0.396. The number of amides is 1. The third-order valence-electron chi connectivity index (χ3n) is 2.98. The molecule has 2 N–H and O–H groups in total. The minimum absolute atomic E-state index is 0.0422. The normalized spacial score (nSPS) is 19.8. The van der Waals surface area contributed by atoms with Gasteiger partial charge < -0.3 is 10.5 Å². The smallest absolute Gasteiger partial charge is 0.230 e. The maximum absolute atomic E-state index is 11.8. The number of rotatable bonds is 2. The number of fused-ring (bicyclic) bond motifs is 1. The van der Waals surface area contributed by atoms with Gasteiger partial charge in [-0.2, -0.15) is 0 Å². The zero-order valence-corrected chi connectivity index (χ0v) is 10.7. The Kier molecular flexibility index (Phi) is 2.68. The van der Waals surface area contributed by atoms with Gasteiger partial charge in [-0.15, -0.1) is 0 Å². The van der Waals surface area contributed by atoms with Crippen LogP contribution in [0.2, 0.25) is 0 Å². The largest absolute Gasteiger partial charge is 0.494 e. The lowest BCUT2D eigenvalue weighted by Crippen LogP contribution is -2.27. The van der Waals surface area contributed by atoms with E-state index in [-0.39, 0.29) is 11.9 Å². The van der Waals surface area contributed by atoms with E-state index in [0.29, 0.717) is 18.1 Å². The fourth-order valence-electron chi connectivity index (χ4n) is 2.11. The van der Waals surface area contributed by atoms with Gasteiger partial charge in [0.05, 0.1) is 11.8 Å². The highest BCUT2D eigenvalue weighted by molar-refractivity contribution is 7.22. The predicted octanol–water partition coefficient (Wildman–Crippen LogP) is 1.37. The van der Waals surface area contributed by atoms with Crippen molar-refractivity contribution in [3.05, 3.63) is 18.2 Å². The van der Waals surface area contributed by atoms with Crippen LogP contribution in [-0.4, -0.2) is 30.6 Å². The molecule has 1 aliphatic heterocycles. The van der Waals surface area contributed by atoms with Crippen molar-refractivity contribution in [2.75, 3.05) is 18.6 Å². The van der Waals surface area contributed by atoms with Crippen molar-refractivity contribution in [3.63, 3.8) is 0 Å². The van der Waals surface area contributed by atoms with Crippen LogP contribution in [0.5, 0.6) is 5.75 Å². The Bertz CT molecular complexity index is 610. The minimum atomic E-state index is -0.0913. The molecule has 94 valence electrons. The van der Waals surface area contributed by atoms with Crippen LogP contribution in [0.1, 0.15) is 6.42 Å². The third-order valence-corrected chi connectivity index (χ3v) is 4.02. The van der Waals surface area contributed by atoms with E-state index in [4.69, 9.17) is 10.5 Å². The fraction of sp³-hybridized carbons (Fsp3) is 0.333. The number of methoxy groups -OCH3 is 1. The molecule has 0 radical (unpaired) electrons. The van der Waals surface area contributed by atoms with E-state index < -0.39 is 0 Å². The molecule has 0 spiro atoms. The summed E-state index contributed by atoms with van der Waals surface area (Å²) in [5.41, 5.74) is 6.59. The lowest BCUT2D eigenvalue weighted by molar-refractivity contribution is -0.117. The van der Waals surface area contributed by atoms with Gasteiger partial charge in [0.15, 0.2) is 5.13 Å². The summed E-state index contributed by atoms with van der Waals surface area (Å²) in [6, 6.07) is 5.66. The molecular weight excluding hydrogens is 250 g/mol. The van der Waals surface area contributed by atoms with Crippen LogP contribution in [0.3, 0.4) is 0 Å². The first kappa shape index (κ1) is 11.4. The zero-order chi connectivity index (χ0) is 12.7. The van der Waals surface area contributed by atoms with Crippen molar-refractivity contribution in [3.8, 4) is 5.75 Å². The van der Waals surface area contributed by atoms with Gasteiger partial charge in [-0.3, -0.25) is 9.69 Å². The summed E-state index contributed by atoms with van der Waals surface area (Å²) < 4.78 is 6.28. The first-order valence-electron chi connectivity index (χ1n) is 5.68. The van der Waals surface area contributed by atoms with Crippen molar-refractivity contribution in [2.45, 2.75) is 12.5 Å². The first-order valence-corrected chi connectivity index (χ1v) is 6.50. The summed E-state index contributed by atoms with van der Waals surface area (Å²) >= 11 is 1.49. The molecule has 6 heteroatoms. The summed E-state index contributed by atoms with van der Waals surface area (Å²) in [5.74, 6) is 0.770. The van der Waals surface area contributed by atoms with Gasteiger partial charge in [-0.1, -0.05) is 17.4 Å². The molecule has 2 heterocycles. The van der Waals surface area contributed by atoms with E-state index in [9.17, 15) is 4.79 Å². The molecule has 1 aromatic heterocycles. The SMILES string of the molecule is COc1cccc2sc(N3CC(N)CC3=O)nc12. The standard InChI is InChI=1S/C12H13N3O2S/c1-17-8-3-2-4-9-11(8)14-12(18-9)15-6-7(13)5-10(15)16/h2-4,7H,5-6,13H2,1H3. The minimum Gasteiger partial charge on any atom is -0.494 e. The van der Waals surface area contributed by atoms with Gasteiger partial charge >= 0.3 is 0 Å². The van der Waals surface area contributed by atoms with Crippen molar-refractivity contribution in [1.82, 2.24) is 4.98 Å². The molecular formula is C12H13N3O2S. The highest BCUT2D eigenvalue weighted by atomic mass is 32.1. The average molecular weight is 263 g/mol. The van der Waals surface area contributed by atoms with Gasteiger partial charge in [0, 0.05) is 19.0 Å². The van der Waals surface area contributed by atoms with Gasteiger partial charge in [0.25, 0.3) is 0 Å². The molecule has 18 heavy (non-hydrogen) atoms. The lowest BCUT2D eigenvalue weighted by atomic mass is 10.3. The Morgan fingerprint density at radius 2 is 2.39 bits per heavy atom. The Hall–Kier alpha value is -1.66. The molecule has 1 amide bonds. The molecule has 1 aromatic carbocycles. The van der Waals surface area contributed by atoms with Gasteiger partial charge in [-0.05, 0) is 12.1 Å². The van der Waals surface area contributed by atoms with E-state index >= 15 is 0 Å². The predicted molar refractivity (Wildman–Crippen MR) is 71.1 cm³/mol. The molecule has 1 aliphatic rings. The van der Waals surface area contributed by atoms with E-state index in [2.05, 4.69) is 4.98 Å². The van der Waals surface area contributed by atoms with Crippen molar-refractivity contribution < 1.29 is 9.53 Å². The Morgan fingerprint density at radius 3 is 3.06 bits per heavy atom. The second-order valence-electron chi connectivity index (χ2n) is 4.27. The lowest BCUT2D eigenvalue weighted by Gasteiger charge is -2.10. The van der Waals surface area contributed by atoms with Crippen molar-refractivity contribution in [1.29, 1.82) is 0 Å². The van der Waals surface area contributed by atoms with Crippen LogP contribution in [0.4, 0.5) is 5.13 Å². The Balaban J connectivity index is 2.06. The molecule has 0 bridgehead atoms. The zero-order valence-electron chi connectivity index (χ0n) is 9.92. The van der Waals surface area contributed by atoms with E-state index in [0.717, 1.165) is 16.0 Å². The molecule has 2 aromatic rings. The number of aromatic nitrogens is 1. The summed E-state index contributed by atoms with van der Waals surface area (Å²) in [7, 11) is 1.62. The van der Waals surface area contributed by atoms with E-state index in [1.54, 1.807) is 12.0 Å². The summed E-state index contributed by atoms with van der Waals surface area (Å²) in [4.78, 5) is 18.0. The Labute approximate surface area is 108 Å². The summed E-state index contributed by atoms with van der Waals surface area (Å²) in [6.45, 7) is 0.543. The van der Waals surface area contributed by atoms with Crippen LogP contribution >= 0.6 is 11.3 Å². The molecule has 1 atom stereocenters. The monoisotopic (exact) mass is 263 g/mol. The van der Waals surface area contributed by atoms with Crippen LogP contribution in [0.15, 0.2) is 18.2 Å². The number of thiazole rings is 1. The number of anilines is 1. The molecule has 0 aliphatic carbocycles. The van der Waals surface area contributed by atoms with Crippen molar-refractivity contribution >= 4 is 32.6 Å². The second kappa shape index (κ2) is 4.22. The number of benzene rings is 1. The average Bonchev–Trinajstić information content (AvgIpc) is 2.91. The maximum Gasteiger partial charge on any atom is 0.230 e. The van der Waals surface area contributed by atoms with Gasteiger partial charge in [0.2, 0.25) is 5.91 Å². The molecule has 1 unspecified atom stereocenters. The number of nitrogens with zero attached hydrogens (tertiary/aromatic N) is 2. The van der Waals surface area contributed by atoms with Crippen LogP contribution in [-0.2, 0) is 4.79 Å². The number of hydrogen-bond donors (Lipinski definition) is 1. The molecule has 1 fully saturated rings. The topological polar surface area (TPSA) is 68.5 Å². The number of ether oxygens (including phenoxy) is 1. The van der Waals surface area contributed by atoms with Crippen molar-refractivity contribution in [2.24, 2.45) is 5.73 Å². The van der Waals surface area contributed by atoms with Crippen LogP contribution in [0, 0.1) is 0 Å². The number of carbonyl (C=O) groups excluding carboxylic acids is 1. The number of hydrogen-bond acceptors (Lipinski definition) is 5. The third kappa shape index (κ3) is 1.74. The van der Waals surface area contributed by atoms with Crippen LogP contribution in [0.25, 0.3) is 10.2 Å². The summed E-state index contributed by atoms with van der Waals surface area (Å²) in [5, 5.41) is 0.701. The van der Waals surface area contributed by atoms with E-state index in [1.807, 2.05) is 18.2 Å². The van der Waals surface area contributed by atoms with Gasteiger partial charge in [-0.25, -0.2) is 4.98 Å². The Morgan fingerprint density at radius 1 is 1.56 bits per heavy atom. The molecule has 5 nitrogen and oxygen atoms in total. The fourth-order valence-corrected chi connectivity index (χ4v) is 3.12. The molecule has 3 rings (SSSR count). The number of nitrogens with two attached hydrogens (primary N) is 1. The molecule has 0 saturated carbocycles. The highest BCUT2D eigenvalue weighted by Crippen LogP contribution is 2.35.